The Morgan fingerprint density at radius 1 is 0.836 bits per heavy atom. The molecule has 12 heteroatoms. The third-order valence-corrected chi connectivity index (χ3v) is 9.54. The summed E-state index contributed by atoms with van der Waals surface area (Å²) < 4.78 is 2.05. The van der Waals surface area contributed by atoms with Crippen molar-refractivity contribution in [1.82, 2.24) is 30.7 Å². The lowest BCUT2D eigenvalue weighted by Crippen LogP contribution is -2.53. The van der Waals surface area contributed by atoms with Crippen molar-refractivity contribution in [2.45, 2.75) is 144 Å². The van der Waals surface area contributed by atoms with E-state index in [4.69, 9.17) is 5.73 Å². The van der Waals surface area contributed by atoms with E-state index >= 15 is 0 Å². The Morgan fingerprint density at radius 3 is 2.16 bits per heavy atom. The average molecular weight is 768 g/mol. The molecule has 310 valence electrons. The molecule has 12 nitrogen and oxygen atoms in total. The summed E-state index contributed by atoms with van der Waals surface area (Å²) in [6, 6.07) is 7.97. The van der Waals surface area contributed by atoms with Crippen LogP contribution in [0, 0.1) is 0 Å². The molecular formula is C43H73N7O5. The van der Waals surface area contributed by atoms with Crippen LogP contribution in [-0.4, -0.2) is 84.2 Å². The van der Waals surface area contributed by atoms with Crippen LogP contribution in [-0.2, 0) is 36.9 Å². The van der Waals surface area contributed by atoms with Crippen molar-refractivity contribution in [3.05, 3.63) is 48.3 Å². The molecule has 0 radical (unpaired) electrons. The number of carbonyl (C=O) groups excluding carboxylic acids is 5. The zero-order chi connectivity index (χ0) is 40.8. The first kappa shape index (κ1) is 48.8. The summed E-state index contributed by atoms with van der Waals surface area (Å²) >= 11 is 0. The molecule has 1 aromatic carbocycles. The Labute approximate surface area is 331 Å². The number of aryl methyl sites for hydroxylation is 1. The van der Waals surface area contributed by atoms with Crippen LogP contribution < -0.4 is 27.0 Å². The highest BCUT2D eigenvalue weighted by Crippen LogP contribution is 2.22. The number of piperidine rings is 1. The highest BCUT2D eigenvalue weighted by Gasteiger charge is 2.30. The van der Waals surface area contributed by atoms with Crippen LogP contribution in [0.4, 0.5) is 0 Å². The van der Waals surface area contributed by atoms with Gasteiger partial charge >= 0.3 is 0 Å². The number of amides is 4. The number of nitrogens with one attached hydrogen (secondary N) is 4. The Hall–Kier alpha value is -4.19. The van der Waals surface area contributed by atoms with Crippen LogP contribution in [0.3, 0.4) is 0 Å². The maximum absolute atomic E-state index is 12.2. The molecule has 0 saturated carbocycles. The third-order valence-electron chi connectivity index (χ3n) is 9.54. The van der Waals surface area contributed by atoms with Crippen molar-refractivity contribution in [2.75, 3.05) is 39.3 Å². The first-order chi connectivity index (χ1) is 26.6. The summed E-state index contributed by atoms with van der Waals surface area (Å²) in [4.78, 5) is 59.9. The predicted molar refractivity (Wildman–Crippen MR) is 224 cm³/mol. The first-order valence-electron chi connectivity index (χ1n) is 20.9. The summed E-state index contributed by atoms with van der Waals surface area (Å²) in [7, 11) is 0. The van der Waals surface area contributed by atoms with Crippen molar-refractivity contribution in [2.24, 2.45) is 5.73 Å². The van der Waals surface area contributed by atoms with Gasteiger partial charge in [-0.05, 0) is 63.1 Å². The SMILES string of the molecule is C=C1CNC(=O)CNC(=O)CNC(=O)C2CCCCN12.CCCC.CCCCCC(=O)CC.CCc1cn(CC(=O)NCCCCCCN)c2ccccc12. The van der Waals surface area contributed by atoms with Gasteiger partial charge < -0.3 is 36.5 Å². The maximum Gasteiger partial charge on any atom is 0.243 e. The van der Waals surface area contributed by atoms with Gasteiger partial charge in [-0.2, -0.15) is 0 Å². The molecule has 2 aliphatic heterocycles. The second-order valence-corrected chi connectivity index (χ2v) is 14.1. The number of aromatic nitrogens is 1. The van der Waals surface area contributed by atoms with Crippen molar-refractivity contribution in [3.8, 4) is 0 Å². The van der Waals surface area contributed by atoms with E-state index in [-0.39, 0.29) is 42.8 Å². The molecule has 2 saturated heterocycles. The van der Waals surface area contributed by atoms with Gasteiger partial charge in [-0.1, -0.05) is 97.9 Å². The lowest BCUT2D eigenvalue weighted by atomic mass is 10.0. The highest BCUT2D eigenvalue weighted by atomic mass is 16.2. The number of fused-ring (bicyclic) bond motifs is 2. The van der Waals surface area contributed by atoms with E-state index in [2.05, 4.69) is 78.4 Å². The third kappa shape index (κ3) is 20.3. The second kappa shape index (κ2) is 30.1. The van der Waals surface area contributed by atoms with E-state index in [0.29, 0.717) is 25.3 Å². The summed E-state index contributed by atoms with van der Waals surface area (Å²) in [6.45, 7) is 17.3. The van der Waals surface area contributed by atoms with Gasteiger partial charge in [0.25, 0.3) is 0 Å². The zero-order valence-corrected chi connectivity index (χ0v) is 34.7. The fraction of sp³-hybridized carbons (Fsp3) is 0.651. The van der Waals surface area contributed by atoms with Crippen molar-refractivity contribution < 1.29 is 24.0 Å². The number of hydrogen-bond acceptors (Lipinski definition) is 7. The molecule has 4 rings (SSSR count). The molecule has 2 aliphatic rings. The van der Waals surface area contributed by atoms with Gasteiger partial charge in [0, 0.05) is 48.7 Å². The van der Waals surface area contributed by atoms with Crippen LogP contribution in [0.5, 0.6) is 0 Å². The first-order valence-corrected chi connectivity index (χ1v) is 20.9. The van der Waals surface area contributed by atoms with E-state index in [1.165, 1.54) is 36.6 Å². The maximum atomic E-state index is 12.2. The molecule has 2 fully saturated rings. The molecule has 1 aromatic heterocycles. The Bertz CT molecular complexity index is 1400. The molecule has 1 unspecified atom stereocenters. The minimum atomic E-state index is -0.366. The van der Waals surface area contributed by atoms with E-state index < -0.39 is 0 Å². The van der Waals surface area contributed by atoms with E-state index in [1.807, 2.05) is 24.0 Å². The number of Topliss-reactive ketones (excluding diaryl/α,β-unsaturated/α-hetero) is 1. The summed E-state index contributed by atoms with van der Waals surface area (Å²) in [5.74, 6) is -0.297. The molecule has 0 spiro atoms. The smallest absolute Gasteiger partial charge is 0.243 e. The highest BCUT2D eigenvalue weighted by molar-refractivity contribution is 5.90. The van der Waals surface area contributed by atoms with Crippen molar-refractivity contribution in [3.63, 3.8) is 0 Å². The quantitative estimate of drug-likeness (QED) is 0.141. The molecule has 0 aliphatic carbocycles. The second-order valence-electron chi connectivity index (χ2n) is 14.1. The number of nitrogens with zero attached hydrogens (tertiary/aromatic N) is 2. The molecule has 0 bridgehead atoms. The number of unbranched alkanes of at least 4 members (excludes halogenated alkanes) is 6. The molecule has 6 N–H and O–H groups in total. The van der Waals surface area contributed by atoms with Gasteiger partial charge in [0.2, 0.25) is 23.6 Å². The monoisotopic (exact) mass is 768 g/mol. The van der Waals surface area contributed by atoms with Crippen molar-refractivity contribution in [1.29, 1.82) is 0 Å². The zero-order valence-electron chi connectivity index (χ0n) is 34.7. The van der Waals surface area contributed by atoms with E-state index in [9.17, 15) is 24.0 Å². The van der Waals surface area contributed by atoms with Crippen LogP contribution in [0.15, 0.2) is 42.7 Å². The molecule has 55 heavy (non-hydrogen) atoms. The van der Waals surface area contributed by atoms with Gasteiger partial charge in [0.15, 0.2) is 0 Å². The number of hydrogen-bond donors (Lipinski definition) is 5. The fourth-order valence-electron chi connectivity index (χ4n) is 6.02. The van der Waals surface area contributed by atoms with Crippen molar-refractivity contribution >= 4 is 40.3 Å². The minimum absolute atomic E-state index is 0.0854. The number of rotatable bonds is 15. The number of benzene rings is 1. The van der Waals surface area contributed by atoms with Gasteiger partial charge in [-0.25, -0.2) is 0 Å². The Balaban J connectivity index is 0.000000421. The number of carbonyl (C=O) groups is 5. The Morgan fingerprint density at radius 2 is 1.51 bits per heavy atom. The normalized spacial score (nSPS) is 15.8. The van der Waals surface area contributed by atoms with E-state index in [1.54, 1.807) is 0 Å². The standard InChI is InChI=1S/C18H27N3O.C13H20N4O3.C8H16O.C4H10/c1-2-15-13-21(17-10-6-5-9-16(15)17)14-18(22)20-12-8-4-3-7-11-19;1-9-6-14-11(18)7-15-12(19)8-16-13(20)10-4-2-3-5-17(9)10;1-3-5-6-7-8(9)4-2;1-3-4-2/h5-6,9-10,13H,2-4,7-8,11-12,14,19H2,1H3,(H,20,22);10H,1-8H2,(H,14,18)(H,15,19)(H,16,20);3-7H2,1-2H3;3-4H2,1-2H3. The van der Waals surface area contributed by atoms with Gasteiger partial charge in [-0.15, -0.1) is 0 Å². The predicted octanol–water partition coefficient (Wildman–Crippen LogP) is 5.91. The number of para-hydroxylation sites is 1. The number of nitrogens with two attached hydrogens (primary N) is 1. The lowest BCUT2D eigenvalue weighted by Gasteiger charge is -2.37. The van der Waals surface area contributed by atoms with Gasteiger partial charge in [-0.3, -0.25) is 24.0 Å². The summed E-state index contributed by atoms with van der Waals surface area (Å²) in [5.41, 5.74) is 8.62. The lowest BCUT2D eigenvalue weighted by molar-refractivity contribution is -0.130. The summed E-state index contributed by atoms with van der Waals surface area (Å²) in [6.07, 6.45) is 17.8. The average Bonchev–Trinajstić information content (AvgIpc) is 3.56. The van der Waals surface area contributed by atoms with E-state index in [0.717, 1.165) is 95.1 Å². The molecule has 2 aromatic rings. The van der Waals surface area contributed by atoms with Gasteiger partial charge in [0.05, 0.1) is 19.6 Å². The van der Waals surface area contributed by atoms with Crippen LogP contribution in [0.25, 0.3) is 10.9 Å². The molecular weight excluding hydrogens is 695 g/mol. The topological polar surface area (TPSA) is 168 Å². The number of ketones is 1. The molecule has 1 atom stereocenters. The van der Waals surface area contributed by atoms with Crippen LogP contribution >= 0.6 is 0 Å². The van der Waals surface area contributed by atoms with Crippen LogP contribution in [0.1, 0.15) is 130 Å². The molecule has 3 heterocycles. The summed E-state index contributed by atoms with van der Waals surface area (Å²) in [5, 5.41) is 12.0. The molecule has 4 amide bonds. The Kier molecular flexibility index (Phi) is 26.7. The minimum Gasteiger partial charge on any atom is -0.362 e. The van der Waals surface area contributed by atoms with Crippen LogP contribution in [0.2, 0.25) is 0 Å². The fourth-order valence-corrected chi connectivity index (χ4v) is 6.02. The van der Waals surface area contributed by atoms with Gasteiger partial charge in [0.1, 0.15) is 18.4 Å². The largest absolute Gasteiger partial charge is 0.362 e.